The first-order chi connectivity index (χ1) is 18.0. The Bertz CT molecular complexity index is 850. The van der Waals surface area contributed by atoms with Crippen molar-refractivity contribution in [2.75, 3.05) is 33.9 Å². The quantitative estimate of drug-likeness (QED) is 0.0966. The Morgan fingerprint density at radius 1 is 0.730 bits per heavy atom. The van der Waals surface area contributed by atoms with Crippen LogP contribution in [0.25, 0.3) is 0 Å². The van der Waals surface area contributed by atoms with Gasteiger partial charge in [-0.05, 0) is 43.4 Å². The Hall–Kier alpha value is -2.33. The molecule has 0 atom stereocenters. The number of ether oxygens (including phenoxy) is 2. The number of unbranched alkanes of at least 4 members (excludes halogenated alkanes) is 8. The second kappa shape index (κ2) is 18.8. The highest BCUT2D eigenvalue weighted by atomic mass is 16.5. The van der Waals surface area contributed by atoms with Crippen molar-refractivity contribution < 1.29 is 18.8 Å². The van der Waals surface area contributed by atoms with Crippen molar-refractivity contribution in [3.8, 4) is 5.75 Å². The zero-order valence-corrected chi connectivity index (χ0v) is 23.9. The van der Waals surface area contributed by atoms with E-state index in [0.29, 0.717) is 19.6 Å². The van der Waals surface area contributed by atoms with Gasteiger partial charge in [0.25, 0.3) is 0 Å². The number of hydrogen-bond donors (Lipinski definition) is 0. The van der Waals surface area contributed by atoms with Crippen LogP contribution >= 0.6 is 0 Å². The van der Waals surface area contributed by atoms with Gasteiger partial charge in [0.05, 0.1) is 40.3 Å². The number of nitrogens with zero attached hydrogens (tertiary/aromatic N) is 1. The third kappa shape index (κ3) is 15.5. The Morgan fingerprint density at radius 3 is 2.16 bits per heavy atom. The number of esters is 1. The Morgan fingerprint density at radius 2 is 1.41 bits per heavy atom. The molecule has 0 radical (unpaired) electrons. The van der Waals surface area contributed by atoms with Crippen molar-refractivity contribution in [2.24, 2.45) is 0 Å². The number of aryl methyl sites for hydroxylation is 1. The van der Waals surface area contributed by atoms with Crippen molar-refractivity contribution in [1.82, 2.24) is 0 Å². The summed E-state index contributed by atoms with van der Waals surface area (Å²) in [6, 6.07) is 19.0. The summed E-state index contributed by atoms with van der Waals surface area (Å²) in [6.45, 7) is 5.33. The zero-order chi connectivity index (χ0) is 26.6. The van der Waals surface area contributed by atoms with Gasteiger partial charge in [-0.2, -0.15) is 0 Å². The monoisotopic (exact) mass is 510 g/mol. The molecule has 0 fully saturated rings. The lowest BCUT2D eigenvalue weighted by Crippen LogP contribution is -2.39. The lowest BCUT2D eigenvalue weighted by atomic mass is 10.0. The van der Waals surface area contributed by atoms with E-state index in [2.05, 4.69) is 63.5 Å². The second-order valence-corrected chi connectivity index (χ2v) is 11.1. The number of quaternary nitrogens is 1. The van der Waals surface area contributed by atoms with E-state index in [1.165, 1.54) is 62.5 Å². The molecule has 2 rings (SSSR count). The molecule has 37 heavy (non-hydrogen) atoms. The molecule has 2 aromatic carbocycles. The Labute approximate surface area is 227 Å². The minimum atomic E-state index is -0.0886. The molecule has 0 unspecified atom stereocenters. The highest BCUT2D eigenvalue weighted by Crippen LogP contribution is 2.17. The third-order valence-corrected chi connectivity index (χ3v) is 6.89. The van der Waals surface area contributed by atoms with Gasteiger partial charge in [0.2, 0.25) is 0 Å². The molecular weight excluding hydrogens is 458 g/mol. The molecule has 0 N–H and O–H groups in total. The molecule has 0 aliphatic heterocycles. The summed E-state index contributed by atoms with van der Waals surface area (Å²) in [5, 5.41) is 0. The Kier molecular flexibility index (Phi) is 15.7. The van der Waals surface area contributed by atoms with E-state index in [1.807, 2.05) is 12.1 Å². The number of benzene rings is 2. The molecule has 0 heterocycles. The number of carbonyl (C=O) groups excluding carboxylic acids is 1. The Balaban J connectivity index is 1.48. The highest BCUT2D eigenvalue weighted by molar-refractivity contribution is 5.69. The van der Waals surface area contributed by atoms with Crippen LogP contribution in [0, 0.1) is 0 Å². The molecule has 0 aromatic heterocycles. The van der Waals surface area contributed by atoms with Crippen LogP contribution in [0.3, 0.4) is 0 Å². The average Bonchev–Trinajstić information content (AvgIpc) is 2.88. The van der Waals surface area contributed by atoms with Crippen molar-refractivity contribution in [2.45, 2.75) is 96.9 Å². The van der Waals surface area contributed by atoms with Crippen LogP contribution in [0.2, 0.25) is 0 Å². The van der Waals surface area contributed by atoms with Gasteiger partial charge in [-0.3, -0.25) is 4.79 Å². The van der Waals surface area contributed by atoms with Gasteiger partial charge in [0, 0.05) is 12.0 Å². The smallest absolute Gasteiger partial charge is 0.306 e. The molecule has 0 spiro atoms. The maximum atomic E-state index is 12.1. The maximum Gasteiger partial charge on any atom is 0.306 e. The normalized spacial score (nSPS) is 11.4. The lowest BCUT2D eigenvalue weighted by molar-refractivity contribution is -0.903. The molecule has 0 aliphatic carbocycles. The van der Waals surface area contributed by atoms with Crippen molar-refractivity contribution in [1.29, 1.82) is 0 Å². The molecule has 0 bridgehead atoms. The fourth-order valence-electron chi connectivity index (χ4n) is 4.71. The van der Waals surface area contributed by atoms with E-state index >= 15 is 0 Å². The minimum absolute atomic E-state index is 0.0886. The molecule has 0 saturated heterocycles. The number of carbonyl (C=O) groups is 1. The summed E-state index contributed by atoms with van der Waals surface area (Å²) in [6.07, 6.45) is 15.0. The lowest BCUT2D eigenvalue weighted by Gasteiger charge is -2.29. The van der Waals surface area contributed by atoms with E-state index in [0.717, 1.165) is 49.0 Å². The zero-order valence-electron chi connectivity index (χ0n) is 23.9. The first-order valence-electron chi connectivity index (χ1n) is 14.7. The summed E-state index contributed by atoms with van der Waals surface area (Å²) in [4.78, 5) is 12.1. The van der Waals surface area contributed by atoms with Gasteiger partial charge in [-0.25, -0.2) is 0 Å². The van der Waals surface area contributed by atoms with Crippen LogP contribution in [0.5, 0.6) is 5.75 Å². The SMILES string of the molecule is CCCCCCCCCCc1cccc(OCCCCOC(=O)CCC[N+](C)(C)Cc2ccccc2)c1. The summed E-state index contributed by atoms with van der Waals surface area (Å²) >= 11 is 0. The largest absolute Gasteiger partial charge is 0.494 e. The molecular formula is C33H52NO3+. The van der Waals surface area contributed by atoms with Crippen LogP contribution < -0.4 is 4.74 Å². The second-order valence-electron chi connectivity index (χ2n) is 11.1. The van der Waals surface area contributed by atoms with Gasteiger partial charge in [0.1, 0.15) is 12.3 Å². The topological polar surface area (TPSA) is 35.5 Å². The van der Waals surface area contributed by atoms with Crippen LogP contribution in [0.4, 0.5) is 0 Å². The number of hydrogen-bond acceptors (Lipinski definition) is 3. The molecule has 0 aliphatic rings. The van der Waals surface area contributed by atoms with Crippen LogP contribution in [0.15, 0.2) is 54.6 Å². The van der Waals surface area contributed by atoms with E-state index < -0.39 is 0 Å². The van der Waals surface area contributed by atoms with Crippen LogP contribution in [-0.2, 0) is 22.5 Å². The first kappa shape index (κ1) is 30.9. The predicted octanol–water partition coefficient (Wildman–Crippen LogP) is 8.13. The van der Waals surface area contributed by atoms with Crippen LogP contribution in [0.1, 0.15) is 95.1 Å². The number of rotatable bonds is 21. The van der Waals surface area contributed by atoms with Gasteiger partial charge < -0.3 is 14.0 Å². The van der Waals surface area contributed by atoms with E-state index in [4.69, 9.17) is 9.47 Å². The fraction of sp³-hybridized carbons (Fsp3) is 0.606. The summed E-state index contributed by atoms with van der Waals surface area (Å²) in [5.74, 6) is 0.861. The highest BCUT2D eigenvalue weighted by Gasteiger charge is 2.16. The average molecular weight is 511 g/mol. The maximum absolute atomic E-state index is 12.1. The first-order valence-corrected chi connectivity index (χ1v) is 14.7. The summed E-state index contributed by atoms with van der Waals surface area (Å²) in [5.41, 5.74) is 2.69. The van der Waals surface area contributed by atoms with Gasteiger partial charge in [-0.1, -0.05) is 94.3 Å². The van der Waals surface area contributed by atoms with E-state index in [-0.39, 0.29) is 5.97 Å². The molecule has 4 nitrogen and oxygen atoms in total. The molecule has 4 heteroatoms. The van der Waals surface area contributed by atoms with E-state index in [9.17, 15) is 4.79 Å². The minimum Gasteiger partial charge on any atom is -0.494 e. The summed E-state index contributed by atoms with van der Waals surface area (Å²) < 4.78 is 12.3. The van der Waals surface area contributed by atoms with E-state index in [1.54, 1.807) is 0 Å². The van der Waals surface area contributed by atoms with Crippen LogP contribution in [-0.4, -0.2) is 44.3 Å². The molecule has 0 amide bonds. The summed E-state index contributed by atoms with van der Waals surface area (Å²) in [7, 11) is 4.43. The third-order valence-electron chi connectivity index (χ3n) is 6.89. The van der Waals surface area contributed by atoms with Gasteiger partial charge in [0.15, 0.2) is 0 Å². The molecule has 206 valence electrons. The fourth-order valence-corrected chi connectivity index (χ4v) is 4.71. The van der Waals surface area contributed by atoms with Crippen molar-refractivity contribution >= 4 is 5.97 Å². The van der Waals surface area contributed by atoms with Gasteiger partial charge >= 0.3 is 5.97 Å². The van der Waals surface area contributed by atoms with Gasteiger partial charge in [-0.15, -0.1) is 0 Å². The predicted molar refractivity (Wildman–Crippen MR) is 155 cm³/mol. The molecule has 0 saturated carbocycles. The van der Waals surface area contributed by atoms with Crippen molar-refractivity contribution in [3.63, 3.8) is 0 Å². The molecule has 2 aromatic rings. The van der Waals surface area contributed by atoms with Crippen molar-refractivity contribution in [3.05, 3.63) is 65.7 Å². The standard InChI is InChI=1S/C33H52NO3/c1-4-5-6-7-8-9-10-12-19-30-22-17-23-32(28-30)36-26-15-16-27-37-33(35)24-18-25-34(2,3)29-31-20-13-11-14-21-31/h11,13-14,17,20-23,28H,4-10,12,15-16,18-19,24-27,29H2,1-3H3/q+1.